The fourth-order valence-electron chi connectivity index (χ4n) is 4.49. The highest BCUT2D eigenvalue weighted by atomic mass is 14.7. The largest absolute Gasteiger partial charge is 0.255 e. The van der Waals surface area contributed by atoms with Crippen LogP contribution in [0, 0.1) is 0 Å². The molecule has 98 valence electrons. The Balaban J connectivity index is 1.92. The van der Waals surface area contributed by atoms with Gasteiger partial charge in [-0.25, -0.2) is 0 Å². The third-order valence-corrected chi connectivity index (χ3v) is 5.36. The maximum atomic E-state index is 4.84. The summed E-state index contributed by atoms with van der Waals surface area (Å²) in [5.74, 6) is 1.57. The first-order valence-electron chi connectivity index (χ1n) is 7.72. The van der Waals surface area contributed by atoms with E-state index in [1.807, 2.05) is 0 Å². The highest BCUT2D eigenvalue weighted by Crippen LogP contribution is 2.52. The molecule has 2 aliphatic carbocycles. The van der Waals surface area contributed by atoms with Crippen LogP contribution in [0.2, 0.25) is 0 Å². The molecule has 0 spiro atoms. The summed E-state index contributed by atoms with van der Waals surface area (Å²) < 4.78 is 0. The van der Waals surface area contributed by atoms with Crippen LogP contribution in [0.15, 0.2) is 42.6 Å². The summed E-state index contributed by atoms with van der Waals surface area (Å²) in [7, 11) is 0. The lowest BCUT2D eigenvalue weighted by atomic mass is 9.86. The van der Waals surface area contributed by atoms with Crippen LogP contribution < -0.4 is 0 Å². The first-order valence-corrected chi connectivity index (χ1v) is 7.72. The maximum Gasteiger partial charge on any atom is 0.0783 e. The van der Waals surface area contributed by atoms with E-state index in [9.17, 15) is 0 Å². The lowest BCUT2D eigenvalue weighted by Crippen LogP contribution is -2.01. The van der Waals surface area contributed by atoms with Gasteiger partial charge in [0.2, 0.25) is 0 Å². The van der Waals surface area contributed by atoms with E-state index in [1.54, 1.807) is 11.1 Å². The lowest BCUT2D eigenvalue weighted by molar-refractivity contribution is 0.436. The fourth-order valence-corrected chi connectivity index (χ4v) is 4.49. The van der Waals surface area contributed by atoms with E-state index in [1.165, 1.54) is 47.4 Å². The van der Waals surface area contributed by atoms with Crippen LogP contribution in [0.3, 0.4) is 0 Å². The Bertz CT molecular complexity index is 834. The van der Waals surface area contributed by atoms with Gasteiger partial charge in [0.1, 0.15) is 0 Å². The number of benzene rings is 2. The average molecular weight is 259 g/mol. The van der Waals surface area contributed by atoms with E-state index < -0.39 is 0 Å². The van der Waals surface area contributed by atoms with Gasteiger partial charge >= 0.3 is 0 Å². The smallest absolute Gasteiger partial charge is 0.0783 e. The molecule has 5 rings (SSSR count). The molecule has 0 radical (unpaired) electrons. The van der Waals surface area contributed by atoms with Crippen molar-refractivity contribution >= 4 is 21.7 Å². The molecule has 0 unspecified atom stereocenters. The zero-order valence-electron chi connectivity index (χ0n) is 11.5. The van der Waals surface area contributed by atoms with Crippen LogP contribution in [-0.2, 0) is 0 Å². The van der Waals surface area contributed by atoms with Crippen molar-refractivity contribution < 1.29 is 0 Å². The third kappa shape index (κ3) is 1.30. The number of hydrogen-bond acceptors (Lipinski definition) is 1. The summed E-state index contributed by atoms with van der Waals surface area (Å²) in [4.78, 5) is 4.84. The number of fused-ring (bicyclic) bond motifs is 9. The molecule has 0 N–H and O–H groups in total. The number of aromatic nitrogens is 1. The molecule has 0 saturated heterocycles. The van der Waals surface area contributed by atoms with Crippen molar-refractivity contribution in [2.75, 3.05) is 0 Å². The molecule has 1 saturated carbocycles. The van der Waals surface area contributed by atoms with Gasteiger partial charge in [-0.1, -0.05) is 42.8 Å². The summed E-state index contributed by atoms with van der Waals surface area (Å²) in [6.07, 6.45) is 7.67. The first-order chi connectivity index (χ1) is 9.92. The van der Waals surface area contributed by atoms with Gasteiger partial charge in [0.05, 0.1) is 5.52 Å². The van der Waals surface area contributed by atoms with Gasteiger partial charge in [0, 0.05) is 17.0 Å². The minimum Gasteiger partial charge on any atom is -0.255 e. The monoisotopic (exact) mass is 259 g/mol. The highest BCUT2D eigenvalue weighted by molar-refractivity contribution is 6.06. The standard InChI is InChI=1S/C19H17N/c1-2-7-15-12(4-1)8-9-16-18-14-6-3-5-13(10-14)17(18)11-20-19(15)16/h1-2,4,7-9,11,13-14H,3,5-6,10H2/t13-,14-/m0/s1. The SMILES string of the molecule is c1ccc2c(c1)ccc1c3c(cnc12)[C@H]1CCC[C@H]3C1. The first kappa shape index (κ1) is 10.8. The lowest BCUT2D eigenvalue weighted by Gasteiger charge is -2.18. The van der Waals surface area contributed by atoms with E-state index in [0.717, 1.165) is 11.8 Å². The van der Waals surface area contributed by atoms with Gasteiger partial charge in [-0.15, -0.1) is 0 Å². The number of hydrogen-bond donors (Lipinski definition) is 0. The number of rotatable bonds is 0. The molecule has 1 nitrogen and oxygen atoms in total. The van der Waals surface area contributed by atoms with Crippen molar-refractivity contribution in [1.29, 1.82) is 0 Å². The predicted octanol–water partition coefficient (Wildman–Crippen LogP) is 5.14. The molecule has 3 aromatic rings. The summed E-state index contributed by atoms with van der Waals surface area (Å²) in [6.45, 7) is 0. The summed E-state index contributed by atoms with van der Waals surface area (Å²) in [5.41, 5.74) is 4.38. The van der Waals surface area contributed by atoms with Gasteiger partial charge in [-0.05, 0) is 47.6 Å². The van der Waals surface area contributed by atoms with Crippen molar-refractivity contribution in [3.63, 3.8) is 0 Å². The molecule has 2 bridgehead atoms. The van der Waals surface area contributed by atoms with Crippen molar-refractivity contribution in [1.82, 2.24) is 4.98 Å². The van der Waals surface area contributed by atoms with Gasteiger partial charge in [-0.3, -0.25) is 4.98 Å². The Morgan fingerprint density at radius 1 is 0.900 bits per heavy atom. The second-order valence-corrected chi connectivity index (χ2v) is 6.37. The fraction of sp³-hybridized carbons (Fsp3) is 0.316. The molecule has 0 aliphatic heterocycles. The van der Waals surface area contributed by atoms with Gasteiger partial charge in [0.25, 0.3) is 0 Å². The van der Waals surface area contributed by atoms with Crippen molar-refractivity contribution in [2.45, 2.75) is 37.5 Å². The van der Waals surface area contributed by atoms with Crippen LogP contribution in [0.5, 0.6) is 0 Å². The van der Waals surface area contributed by atoms with Crippen molar-refractivity contribution in [2.24, 2.45) is 0 Å². The van der Waals surface area contributed by atoms with Crippen molar-refractivity contribution in [3.05, 3.63) is 53.7 Å². The van der Waals surface area contributed by atoms with Crippen LogP contribution >= 0.6 is 0 Å². The maximum absolute atomic E-state index is 4.84. The average Bonchev–Trinajstić information content (AvgIpc) is 2.78. The van der Waals surface area contributed by atoms with Gasteiger partial charge in [0.15, 0.2) is 0 Å². The van der Waals surface area contributed by atoms with E-state index in [2.05, 4.69) is 42.6 Å². The summed E-state index contributed by atoms with van der Waals surface area (Å²) in [6, 6.07) is 13.2. The Morgan fingerprint density at radius 3 is 2.80 bits per heavy atom. The molecule has 1 fully saturated rings. The van der Waals surface area contributed by atoms with Crippen LogP contribution in [0.4, 0.5) is 0 Å². The van der Waals surface area contributed by atoms with Crippen molar-refractivity contribution in [3.8, 4) is 0 Å². The Labute approximate surface area is 118 Å². The second-order valence-electron chi connectivity index (χ2n) is 6.37. The summed E-state index contributed by atoms with van der Waals surface area (Å²) >= 11 is 0. The quantitative estimate of drug-likeness (QED) is 0.509. The minimum atomic E-state index is 0.784. The second kappa shape index (κ2) is 3.82. The van der Waals surface area contributed by atoms with Gasteiger partial charge in [-0.2, -0.15) is 0 Å². The van der Waals surface area contributed by atoms with Crippen LogP contribution in [0.1, 0.15) is 48.6 Å². The number of nitrogens with zero attached hydrogens (tertiary/aromatic N) is 1. The zero-order chi connectivity index (χ0) is 13.1. The zero-order valence-corrected chi connectivity index (χ0v) is 11.5. The number of pyridine rings is 1. The highest BCUT2D eigenvalue weighted by Gasteiger charge is 2.35. The van der Waals surface area contributed by atoms with Crippen LogP contribution in [-0.4, -0.2) is 4.98 Å². The molecule has 1 aromatic heterocycles. The minimum absolute atomic E-state index is 0.784. The third-order valence-electron chi connectivity index (χ3n) is 5.36. The molecular weight excluding hydrogens is 242 g/mol. The molecule has 20 heavy (non-hydrogen) atoms. The topological polar surface area (TPSA) is 12.9 Å². The molecule has 1 heterocycles. The molecule has 2 aliphatic rings. The Hall–Kier alpha value is -1.89. The van der Waals surface area contributed by atoms with E-state index in [0.29, 0.717) is 0 Å². The molecular formula is C19H17N. The molecule has 2 atom stereocenters. The summed E-state index contributed by atoms with van der Waals surface area (Å²) in [5, 5.41) is 4.01. The molecule has 2 aromatic carbocycles. The van der Waals surface area contributed by atoms with Crippen LogP contribution in [0.25, 0.3) is 21.7 Å². The Kier molecular flexibility index (Phi) is 2.07. The molecule has 1 heteroatoms. The van der Waals surface area contributed by atoms with Gasteiger partial charge < -0.3 is 0 Å². The molecule has 0 amide bonds. The van der Waals surface area contributed by atoms with E-state index in [-0.39, 0.29) is 0 Å². The Morgan fingerprint density at radius 2 is 1.80 bits per heavy atom. The predicted molar refractivity (Wildman–Crippen MR) is 83.2 cm³/mol. The normalized spacial score (nSPS) is 24.2. The van der Waals surface area contributed by atoms with E-state index in [4.69, 9.17) is 4.98 Å². The van der Waals surface area contributed by atoms with E-state index >= 15 is 0 Å².